The molecule has 14 nitrogen and oxygen atoms in total. The molecule has 14 heteroatoms. The number of nitrogens with one attached hydrogen (secondary N) is 1. The highest BCUT2D eigenvalue weighted by Crippen LogP contribution is 2.66. The number of urea groups is 1. The number of carbonyl (C=O) groups excluding carboxylic acids is 5. The Morgan fingerprint density at radius 2 is 1.46 bits per heavy atom. The van der Waals surface area contributed by atoms with E-state index in [4.69, 9.17) is 14.2 Å². The number of nitrogens with zero attached hydrogens (tertiary/aromatic N) is 4. The largest absolute Gasteiger partial charge is 0.491 e. The maximum atomic E-state index is 16.9. The number of amides is 4. The van der Waals surface area contributed by atoms with Crippen LogP contribution >= 0.6 is 0 Å². The number of aliphatic hydroxyl groups is 1. The average Bonchev–Trinajstić information content (AvgIpc) is 3.89. The van der Waals surface area contributed by atoms with Gasteiger partial charge in [-0.25, -0.2) is 14.5 Å². The van der Waals surface area contributed by atoms with Gasteiger partial charge in [0.25, 0.3) is 0 Å². The number of cyclic esters (lactones) is 1. The van der Waals surface area contributed by atoms with Crippen LogP contribution in [0.3, 0.4) is 0 Å². The molecule has 0 saturated carbocycles. The standard InChI is InChI=1S/C60H65N5O9/c1-40(2)50(56(68)72-4)61-59(71)64-48-31-30-41(23-20-32-62(3)39-42-21-11-8-12-22-42)37-47(48)60(58(64)70)49(55(67)63-33-17-6-5-7-18-34-63)52-57(69)74-53(44-26-15-10-16-27-44)51(43-24-13-9-14-25-43)65(52)54(60)45-28-19-29-46(38-45)73-36-35-66/h8-16,19,21-22,24-31,37-38,40,49-54,66H,5-7,17-18,32-36,39H2,1-4H3,(H,61,71). The molecule has 0 bridgehead atoms. The molecule has 384 valence electrons. The minimum atomic E-state index is -2.04. The van der Waals surface area contributed by atoms with Gasteiger partial charge >= 0.3 is 18.0 Å². The quantitative estimate of drug-likeness (QED) is 0.0873. The van der Waals surface area contributed by atoms with E-state index in [9.17, 15) is 9.90 Å². The van der Waals surface area contributed by atoms with Crippen LogP contribution in [0.1, 0.15) is 97.5 Å². The molecule has 5 aromatic carbocycles. The number of hydrogen-bond acceptors (Lipinski definition) is 11. The average molecular weight is 1000 g/mol. The molecule has 9 rings (SSSR count). The number of carbonyl (C=O) groups is 5. The van der Waals surface area contributed by atoms with E-state index in [2.05, 4.69) is 34.2 Å². The first-order chi connectivity index (χ1) is 36.0. The fourth-order valence-electron chi connectivity index (χ4n) is 11.6. The van der Waals surface area contributed by atoms with Crippen LogP contribution in [-0.2, 0) is 40.6 Å². The lowest BCUT2D eigenvalue weighted by atomic mass is 9.64. The zero-order valence-corrected chi connectivity index (χ0v) is 42.5. The van der Waals surface area contributed by atoms with Crippen LogP contribution in [0.4, 0.5) is 10.5 Å². The lowest BCUT2D eigenvalue weighted by Crippen LogP contribution is -2.58. The molecule has 0 aromatic heterocycles. The van der Waals surface area contributed by atoms with Gasteiger partial charge in [0.05, 0.1) is 44.0 Å². The summed E-state index contributed by atoms with van der Waals surface area (Å²) in [7, 11) is 3.22. The van der Waals surface area contributed by atoms with Crippen LogP contribution in [0.25, 0.3) is 0 Å². The van der Waals surface area contributed by atoms with Crippen molar-refractivity contribution in [3.05, 3.63) is 167 Å². The highest BCUT2D eigenvalue weighted by atomic mass is 16.6. The van der Waals surface area contributed by atoms with E-state index >= 15 is 19.2 Å². The van der Waals surface area contributed by atoms with E-state index in [0.717, 1.165) is 48.1 Å². The third-order valence-electron chi connectivity index (χ3n) is 14.9. The summed E-state index contributed by atoms with van der Waals surface area (Å²) in [5, 5.41) is 12.7. The Balaban J connectivity index is 1.33. The number of rotatable bonds is 13. The Labute approximate surface area is 433 Å². The van der Waals surface area contributed by atoms with Crippen LogP contribution in [0.2, 0.25) is 0 Å². The number of methoxy groups -OCH3 is 1. The fourth-order valence-corrected chi connectivity index (χ4v) is 11.6. The van der Waals surface area contributed by atoms with Crippen molar-refractivity contribution < 1.29 is 43.3 Å². The molecule has 4 aliphatic heterocycles. The molecule has 5 aromatic rings. The zero-order chi connectivity index (χ0) is 51.9. The van der Waals surface area contributed by atoms with Crippen LogP contribution in [0.5, 0.6) is 5.75 Å². The summed E-state index contributed by atoms with van der Waals surface area (Å²) in [5.74, 6) is 2.60. The molecular formula is C60H65N5O9. The van der Waals surface area contributed by atoms with E-state index in [1.165, 1.54) is 7.11 Å². The van der Waals surface area contributed by atoms with Crippen LogP contribution in [0.15, 0.2) is 133 Å². The van der Waals surface area contributed by atoms with Gasteiger partial charge in [0.1, 0.15) is 36.0 Å². The molecule has 4 aliphatic rings. The van der Waals surface area contributed by atoms with Crippen molar-refractivity contribution in [1.29, 1.82) is 0 Å². The van der Waals surface area contributed by atoms with Gasteiger partial charge in [-0.2, -0.15) is 0 Å². The molecule has 0 aliphatic carbocycles. The number of imide groups is 1. The summed E-state index contributed by atoms with van der Waals surface area (Å²) in [6.45, 7) is 5.11. The molecule has 3 fully saturated rings. The predicted molar refractivity (Wildman–Crippen MR) is 279 cm³/mol. The molecule has 4 amide bonds. The van der Waals surface area contributed by atoms with Gasteiger partial charge in [-0.3, -0.25) is 24.2 Å². The molecule has 0 radical (unpaired) electrons. The first kappa shape index (κ1) is 51.6. The van der Waals surface area contributed by atoms with Gasteiger partial charge in [-0.1, -0.05) is 148 Å². The van der Waals surface area contributed by atoms with Crippen molar-refractivity contribution in [1.82, 2.24) is 20.0 Å². The van der Waals surface area contributed by atoms with E-state index in [1.807, 2.05) is 96.9 Å². The van der Waals surface area contributed by atoms with Crippen molar-refractivity contribution in [2.75, 3.05) is 51.9 Å². The smallest absolute Gasteiger partial charge is 0.329 e. The first-order valence-corrected chi connectivity index (χ1v) is 25.8. The number of anilines is 1. The molecular weight excluding hydrogens is 935 g/mol. The molecule has 2 N–H and O–H groups in total. The lowest BCUT2D eigenvalue weighted by Gasteiger charge is -2.46. The maximum Gasteiger partial charge on any atom is 0.329 e. The zero-order valence-electron chi connectivity index (χ0n) is 42.5. The van der Waals surface area contributed by atoms with Gasteiger partial charge in [-0.05, 0) is 84.0 Å². The number of likely N-dealkylation sites (tertiary alicyclic amines) is 1. The number of aliphatic hydroxyl groups excluding tert-OH is 1. The normalized spacial score (nSPS) is 23.0. The third kappa shape index (κ3) is 10.0. The summed E-state index contributed by atoms with van der Waals surface area (Å²) in [6, 6.07) is 36.2. The second-order valence-corrected chi connectivity index (χ2v) is 20.0. The summed E-state index contributed by atoms with van der Waals surface area (Å²) < 4.78 is 17.9. The highest BCUT2D eigenvalue weighted by molar-refractivity contribution is 6.25. The summed E-state index contributed by atoms with van der Waals surface area (Å²) in [4.78, 5) is 84.5. The van der Waals surface area contributed by atoms with Crippen LogP contribution < -0.4 is 15.0 Å². The Bertz CT molecular complexity index is 2880. The number of esters is 2. The second-order valence-electron chi connectivity index (χ2n) is 20.0. The third-order valence-corrected chi connectivity index (χ3v) is 14.9. The van der Waals surface area contributed by atoms with Crippen LogP contribution in [-0.4, -0.2) is 109 Å². The van der Waals surface area contributed by atoms with Crippen LogP contribution in [0, 0.1) is 23.7 Å². The SMILES string of the molecule is COC(=O)C(NC(=O)N1C(=O)C2(c3cc(C#CCN(C)Cc4ccccc4)ccc31)C(C(=O)N1CCCCCCC1)C1C(=O)OC(c3ccccc3)C(c3ccccc3)N1C2c1cccc(OCCO)c1)C(C)C. The second kappa shape index (κ2) is 22.8. The molecule has 7 unspecified atom stereocenters. The van der Waals surface area contributed by atoms with Crippen molar-refractivity contribution in [3.63, 3.8) is 0 Å². The molecule has 3 saturated heterocycles. The minimum absolute atomic E-state index is 0.0216. The summed E-state index contributed by atoms with van der Waals surface area (Å²) >= 11 is 0. The Hall–Kier alpha value is -7.31. The highest BCUT2D eigenvalue weighted by Gasteiger charge is 2.76. The molecule has 4 heterocycles. The maximum absolute atomic E-state index is 16.9. The van der Waals surface area contributed by atoms with E-state index in [0.29, 0.717) is 54.2 Å². The van der Waals surface area contributed by atoms with E-state index in [-0.39, 0.29) is 18.9 Å². The molecule has 7 atom stereocenters. The topological polar surface area (TPSA) is 158 Å². The Morgan fingerprint density at radius 3 is 2.12 bits per heavy atom. The summed E-state index contributed by atoms with van der Waals surface area (Å²) in [5.41, 5.74) is 2.11. The number of hydrogen-bond donors (Lipinski definition) is 2. The van der Waals surface area contributed by atoms with Crippen molar-refractivity contribution >= 4 is 35.5 Å². The lowest BCUT2D eigenvalue weighted by molar-refractivity contribution is -0.179. The Kier molecular flexibility index (Phi) is 15.9. The van der Waals surface area contributed by atoms with Crippen molar-refractivity contribution in [3.8, 4) is 17.6 Å². The minimum Gasteiger partial charge on any atom is -0.491 e. The van der Waals surface area contributed by atoms with Crippen molar-refractivity contribution in [2.24, 2.45) is 11.8 Å². The molecule has 1 spiro atoms. The van der Waals surface area contributed by atoms with E-state index in [1.54, 1.807) is 55.1 Å². The van der Waals surface area contributed by atoms with Gasteiger partial charge < -0.3 is 29.5 Å². The number of fused-ring (bicyclic) bond motifs is 3. The molecule has 74 heavy (non-hydrogen) atoms. The first-order valence-electron chi connectivity index (χ1n) is 25.8. The number of morpholine rings is 1. The predicted octanol–water partition coefficient (Wildman–Crippen LogP) is 7.91. The number of ether oxygens (including phenoxy) is 3. The summed E-state index contributed by atoms with van der Waals surface area (Å²) in [6.07, 6.45) is 3.37. The van der Waals surface area contributed by atoms with E-state index < -0.39 is 77.3 Å². The Morgan fingerprint density at radius 1 is 0.811 bits per heavy atom. The monoisotopic (exact) mass is 999 g/mol. The van der Waals surface area contributed by atoms with Crippen molar-refractivity contribution in [2.45, 2.75) is 88.2 Å². The number of benzene rings is 5. The fraction of sp³-hybridized carbons (Fsp3) is 0.383. The van der Waals surface area contributed by atoms with Gasteiger partial charge in [-0.15, -0.1) is 0 Å². The van der Waals surface area contributed by atoms with Gasteiger partial charge in [0, 0.05) is 25.2 Å². The van der Waals surface area contributed by atoms with Gasteiger partial charge in [0.15, 0.2) is 0 Å². The van der Waals surface area contributed by atoms with Gasteiger partial charge in [0.2, 0.25) is 11.8 Å².